The standard InChI is InChI=1S/C14H14ClF5O3S/c1-24(21,22)23-13(7-2-3-8(6-7)14(18,19)20)9-4-5-10(16)11(15)12(9)17/h4-5,7-8,13H,2-3,6H2,1H3. The van der Waals surface area contributed by atoms with Gasteiger partial charge in [0.2, 0.25) is 0 Å². The molecular weight excluding hydrogens is 379 g/mol. The minimum absolute atomic E-state index is 0.00119. The third kappa shape index (κ3) is 4.37. The van der Waals surface area contributed by atoms with Gasteiger partial charge in [-0.25, -0.2) is 8.78 Å². The summed E-state index contributed by atoms with van der Waals surface area (Å²) in [4.78, 5) is 0. The van der Waals surface area contributed by atoms with E-state index in [0.717, 1.165) is 12.1 Å². The lowest BCUT2D eigenvalue weighted by molar-refractivity contribution is -0.173. The van der Waals surface area contributed by atoms with Crippen molar-refractivity contribution >= 4 is 21.7 Å². The molecule has 3 atom stereocenters. The fraction of sp³-hybridized carbons (Fsp3) is 0.571. The average molecular weight is 393 g/mol. The maximum Gasteiger partial charge on any atom is 0.391 e. The van der Waals surface area contributed by atoms with Crippen molar-refractivity contribution in [2.45, 2.75) is 31.5 Å². The van der Waals surface area contributed by atoms with Gasteiger partial charge in [0.15, 0.2) is 5.82 Å². The van der Waals surface area contributed by atoms with Crippen LogP contribution in [0.25, 0.3) is 0 Å². The van der Waals surface area contributed by atoms with Crippen LogP contribution in [0.3, 0.4) is 0 Å². The molecule has 1 aliphatic rings. The lowest BCUT2D eigenvalue weighted by Crippen LogP contribution is -2.23. The van der Waals surface area contributed by atoms with Crippen LogP contribution in [0, 0.1) is 23.5 Å². The van der Waals surface area contributed by atoms with Crippen LogP contribution in [0.4, 0.5) is 22.0 Å². The molecule has 0 radical (unpaired) electrons. The second-order valence-electron chi connectivity index (χ2n) is 5.80. The molecule has 3 unspecified atom stereocenters. The van der Waals surface area contributed by atoms with Crippen LogP contribution in [-0.2, 0) is 14.3 Å². The second kappa shape index (κ2) is 6.76. The van der Waals surface area contributed by atoms with E-state index in [0.29, 0.717) is 6.26 Å². The Hall–Kier alpha value is -0.930. The van der Waals surface area contributed by atoms with Crippen molar-refractivity contribution in [3.63, 3.8) is 0 Å². The number of alkyl halides is 3. The van der Waals surface area contributed by atoms with Gasteiger partial charge in [-0.05, 0) is 31.2 Å². The molecule has 0 amide bonds. The van der Waals surface area contributed by atoms with Gasteiger partial charge in [-0.15, -0.1) is 0 Å². The van der Waals surface area contributed by atoms with Gasteiger partial charge in [0.25, 0.3) is 10.1 Å². The number of benzene rings is 1. The third-order valence-electron chi connectivity index (χ3n) is 4.01. The summed E-state index contributed by atoms with van der Waals surface area (Å²) >= 11 is 5.47. The normalized spacial score (nSPS) is 23.5. The Morgan fingerprint density at radius 1 is 1.25 bits per heavy atom. The van der Waals surface area contributed by atoms with E-state index >= 15 is 0 Å². The molecule has 3 nitrogen and oxygen atoms in total. The molecule has 1 saturated carbocycles. The highest BCUT2D eigenvalue weighted by Crippen LogP contribution is 2.48. The summed E-state index contributed by atoms with van der Waals surface area (Å²) in [5.74, 6) is -4.80. The summed E-state index contributed by atoms with van der Waals surface area (Å²) in [6, 6.07) is 1.75. The van der Waals surface area contributed by atoms with Crippen molar-refractivity contribution in [2.24, 2.45) is 11.8 Å². The van der Waals surface area contributed by atoms with E-state index in [2.05, 4.69) is 0 Å². The van der Waals surface area contributed by atoms with E-state index in [1.807, 2.05) is 0 Å². The van der Waals surface area contributed by atoms with Crippen LogP contribution in [0.2, 0.25) is 5.02 Å². The predicted octanol–water partition coefficient (Wildman–Crippen LogP) is 4.61. The molecule has 0 aromatic heterocycles. The van der Waals surface area contributed by atoms with Crippen molar-refractivity contribution < 1.29 is 34.6 Å². The van der Waals surface area contributed by atoms with Crippen molar-refractivity contribution in [3.05, 3.63) is 34.4 Å². The molecule has 1 aromatic carbocycles. The molecule has 10 heteroatoms. The third-order valence-corrected chi connectivity index (χ3v) is 4.92. The first-order valence-electron chi connectivity index (χ1n) is 6.98. The Bertz CT molecular complexity index is 720. The Labute approximate surface area is 140 Å². The van der Waals surface area contributed by atoms with E-state index in [1.54, 1.807) is 0 Å². The zero-order valence-electron chi connectivity index (χ0n) is 12.4. The van der Waals surface area contributed by atoms with Crippen LogP contribution < -0.4 is 0 Å². The van der Waals surface area contributed by atoms with Gasteiger partial charge < -0.3 is 0 Å². The van der Waals surface area contributed by atoms with Gasteiger partial charge in [-0.2, -0.15) is 21.6 Å². The molecule has 0 saturated heterocycles. The molecule has 1 aromatic rings. The monoisotopic (exact) mass is 392 g/mol. The van der Waals surface area contributed by atoms with Gasteiger partial charge in [0.05, 0.1) is 12.2 Å². The molecule has 2 rings (SSSR count). The zero-order valence-corrected chi connectivity index (χ0v) is 14.0. The molecule has 0 heterocycles. The average Bonchev–Trinajstić information content (AvgIpc) is 2.91. The lowest BCUT2D eigenvalue weighted by atomic mass is 9.93. The summed E-state index contributed by atoms with van der Waals surface area (Å²) in [6.45, 7) is 0. The molecule has 0 aliphatic heterocycles. The van der Waals surface area contributed by atoms with Crippen LogP contribution in [-0.4, -0.2) is 20.8 Å². The van der Waals surface area contributed by atoms with Crippen LogP contribution in [0.15, 0.2) is 12.1 Å². The summed E-state index contributed by atoms with van der Waals surface area (Å²) in [6.07, 6.45) is -5.83. The highest BCUT2D eigenvalue weighted by atomic mass is 35.5. The van der Waals surface area contributed by atoms with Crippen molar-refractivity contribution in [1.29, 1.82) is 0 Å². The summed E-state index contributed by atoms with van der Waals surface area (Å²) in [5, 5.41) is -0.861. The summed E-state index contributed by atoms with van der Waals surface area (Å²) in [7, 11) is -4.09. The minimum atomic E-state index is -4.43. The number of rotatable bonds is 4. The maximum absolute atomic E-state index is 14.2. The first-order valence-corrected chi connectivity index (χ1v) is 9.18. The Balaban J connectivity index is 2.39. The van der Waals surface area contributed by atoms with Gasteiger partial charge in [-0.1, -0.05) is 17.7 Å². The minimum Gasteiger partial charge on any atom is -0.262 e. The number of halogens is 6. The maximum atomic E-state index is 14.2. The molecule has 24 heavy (non-hydrogen) atoms. The summed E-state index contributed by atoms with van der Waals surface area (Å²) in [5.41, 5.74) is -0.375. The van der Waals surface area contributed by atoms with Crippen LogP contribution in [0.1, 0.15) is 30.9 Å². The SMILES string of the molecule is CS(=O)(=O)OC(c1ccc(F)c(Cl)c1F)C1CCC(C(F)(F)F)C1. The molecule has 0 N–H and O–H groups in total. The Morgan fingerprint density at radius 2 is 1.88 bits per heavy atom. The van der Waals surface area contributed by atoms with E-state index in [4.69, 9.17) is 15.8 Å². The molecule has 1 fully saturated rings. The Kier molecular flexibility index (Phi) is 5.46. The fourth-order valence-electron chi connectivity index (χ4n) is 2.92. The van der Waals surface area contributed by atoms with Crippen molar-refractivity contribution in [3.8, 4) is 0 Å². The molecule has 1 aliphatic carbocycles. The quantitative estimate of drug-likeness (QED) is 0.427. The molecule has 0 spiro atoms. The largest absolute Gasteiger partial charge is 0.391 e. The molecule has 0 bridgehead atoms. The van der Waals surface area contributed by atoms with E-state index in [-0.39, 0.29) is 18.4 Å². The van der Waals surface area contributed by atoms with E-state index in [1.165, 1.54) is 0 Å². The zero-order chi connectivity index (χ0) is 18.3. The highest BCUT2D eigenvalue weighted by molar-refractivity contribution is 7.86. The van der Waals surface area contributed by atoms with Crippen molar-refractivity contribution in [2.75, 3.05) is 6.26 Å². The van der Waals surface area contributed by atoms with Gasteiger partial charge in [0.1, 0.15) is 16.9 Å². The smallest absolute Gasteiger partial charge is 0.262 e. The number of hydrogen-bond acceptors (Lipinski definition) is 3. The number of hydrogen-bond donors (Lipinski definition) is 0. The van der Waals surface area contributed by atoms with E-state index < -0.39 is 57.3 Å². The first kappa shape index (κ1) is 19.4. The topological polar surface area (TPSA) is 43.4 Å². The molecule has 136 valence electrons. The lowest BCUT2D eigenvalue weighted by Gasteiger charge is -2.24. The summed E-state index contributed by atoms with van der Waals surface area (Å²) < 4.78 is 93.7. The first-order chi connectivity index (χ1) is 10.9. The molecular formula is C14H14ClF5O3S. The van der Waals surface area contributed by atoms with Gasteiger partial charge in [0, 0.05) is 5.56 Å². The van der Waals surface area contributed by atoms with Gasteiger partial charge in [-0.3, -0.25) is 4.18 Å². The Morgan fingerprint density at radius 3 is 2.38 bits per heavy atom. The van der Waals surface area contributed by atoms with Crippen molar-refractivity contribution in [1.82, 2.24) is 0 Å². The van der Waals surface area contributed by atoms with Crippen LogP contribution in [0.5, 0.6) is 0 Å². The van der Waals surface area contributed by atoms with Crippen LogP contribution >= 0.6 is 11.6 Å². The second-order valence-corrected chi connectivity index (χ2v) is 7.78. The van der Waals surface area contributed by atoms with E-state index in [9.17, 15) is 30.4 Å². The highest BCUT2D eigenvalue weighted by Gasteiger charge is 2.47. The van der Waals surface area contributed by atoms with Gasteiger partial charge >= 0.3 is 6.18 Å². The fourth-order valence-corrected chi connectivity index (χ4v) is 3.73. The predicted molar refractivity (Wildman–Crippen MR) is 76.9 cm³/mol.